The number of nitrogens with one attached hydrogen (secondary N) is 1. The first-order valence-corrected chi connectivity index (χ1v) is 11.2. The fraction of sp³-hybridized carbons (Fsp3) is 0.727. The number of aromatic nitrogens is 1. The molecule has 0 saturated carbocycles. The zero-order valence-electron chi connectivity index (χ0n) is 18.0. The molecule has 1 amide bonds. The van der Waals surface area contributed by atoms with E-state index in [2.05, 4.69) is 16.3 Å². The Morgan fingerprint density at radius 1 is 1.10 bits per heavy atom. The zero-order valence-corrected chi connectivity index (χ0v) is 19.6. The lowest BCUT2D eigenvalue weighted by Crippen LogP contribution is -2.55. The first-order valence-electron chi connectivity index (χ1n) is 11.2. The highest BCUT2D eigenvalue weighted by Gasteiger charge is 2.38. The molecule has 0 aromatic carbocycles. The van der Waals surface area contributed by atoms with Gasteiger partial charge in [0.05, 0.1) is 6.61 Å². The number of fused-ring (bicyclic) bond motifs is 4. The van der Waals surface area contributed by atoms with E-state index in [4.69, 9.17) is 4.74 Å². The van der Waals surface area contributed by atoms with Gasteiger partial charge in [-0.2, -0.15) is 0 Å². The minimum atomic E-state index is -0.364. The van der Waals surface area contributed by atoms with E-state index in [1.165, 1.54) is 19.3 Å². The van der Waals surface area contributed by atoms with Gasteiger partial charge in [0, 0.05) is 56.4 Å². The second kappa shape index (κ2) is 10.7. The Balaban J connectivity index is 0.00000136. The predicted molar refractivity (Wildman–Crippen MR) is 124 cm³/mol. The van der Waals surface area contributed by atoms with Crippen LogP contribution in [0.15, 0.2) is 16.9 Å². The van der Waals surface area contributed by atoms with Crippen molar-refractivity contribution in [2.45, 2.75) is 50.8 Å². The molecule has 3 atom stereocenters. The molecule has 7 nitrogen and oxygen atoms in total. The molecule has 0 spiro atoms. The summed E-state index contributed by atoms with van der Waals surface area (Å²) in [5, 5.41) is 3.25. The number of carbonyl (C=O) groups is 1. The molecule has 174 valence electrons. The topological polar surface area (TPSA) is 66.8 Å². The van der Waals surface area contributed by atoms with Gasteiger partial charge in [0.15, 0.2) is 0 Å². The predicted octanol–water partition coefficient (Wildman–Crippen LogP) is 1.61. The van der Waals surface area contributed by atoms with Crippen LogP contribution in [0.2, 0.25) is 0 Å². The summed E-state index contributed by atoms with van der Waals surface area (Å²) in [6.07, 6.45) is 4.48. The summed E-state index contributed by atoms with van der Waals surface area (Å²) >= 11 is 0. The summed E-state index contributed by atoms with van der Waals surface area (Å²) in [7, 11) is 0. The second-order valence-electron chi connectivity index (χ2n) is 9.14. The van der Waals surface area contributed by atoms with Crippen LogP contribution in [0, 0.1) is 5.92 Å². The molecule has 31 heavy (non-hydrogen) atoms. The lowest BCUT2D eigenvalue weighted by Gasteiger charge is -2.44. The number of nitrogens with zero attached hydrogens (tertiary/aromatic N) is 3. The van der Waals surface area contributed by atoms with Crippen molar-refractivity contribution in [2.75, 3.05) is 45.9 Å². The highest BCUT2D eigenvalue weighted by molar-refractivity contribution is 5.85. The summed E-state index contributed by atoms with van der Waals surface area (Å²) < 4.78 is 7.69. The van der Waals surface area contributed by atoms with Crippen LogP contribution < -0.4 is 10.9 Å². The Morgan fingerprint density at radius 2 is 1.90 bits per heavy atom. The quantitative estimate of drug-likeness (QED) is 0.723. The number of amides is 1. The van der Waals surface area contributed by atoms with Gasteiger partial charge in [-0.25, -0.2) is 0 Å². The first-order chi connectivity index (χ1) is 14.2. The van der Waals surface area contributed by atoms with Gasteiger partial charge in [-0.05, 0) is 44.3 Å². The lowest BCUT2D eigenvalue weighted by molar-refractivity contribution is -0.148. The Bertz CT molecular complexity index is 821. The molecule has 4 aliphatic rings. The SMILES string of the molecule is Cl.Cl.O=C([C@H]1CNCCO1)N1C[C@@H]2C[C@H](C1)c1ccc(CN3CCCCC3)c(=O)n1C2. The maximum atomic E-state index is 13.2. The molecule has 5 heterocycles. The van der Waals surface area contributed by atoms with Crippen LogP contribution in [0.1, 0.15) is 42.9 Å². The molecular weight excluding hydrogens is 439 g/mol. The molecular formula is C22H34Cl2N4O3. The molecule has 9 heteroatoms. The van der Waals surface area contributed by atoms with Gasteiger partial charge in [-0.15, -0.1) is 24.8 Å². The number of piperidine rings is 2. The second-order valence-corrected chi connectivity index (χ2v) is 9.14. The summed E-state index contributed by atoms with van der Waals surface area (Å²) in [6.45, 7) is 7.12. The highest BCUT2D eigenvalue weighted by Crippen LogP contribution is 2.35. The number of hydrogen-bond acceptors (Lipinski definition) is 5. The number of likely N-dealkylation sites (tertiary alicyclic amines) is 2. The van der Waals surface area contributed by atoms with E-state index in [1.807, 2.05) is 15.5 Å². The van der Waals surface area contributed by atoms with Crippen LogP contribution in [0.3, 0.4) is 0 Å². The van der Waals surface area contributed by atoms with Crippen LogP contribution >= 0.6 is 24.8 Å². The van der Waals surface area contributed by atoms with Crippen molar-refractivity contribution < 1.29 is 9.53 Å². The fourth-order valence-electron chi connectivity index (χ4n) is 5.58. The van der Waals surface area contributed by atoms with E-state index >= 15 is 0 Å². The summed E-state index contributed by atoms with van der Waals surface area (Å²) in [6, 6.07) is 4.19. The van der Waals surface area contributed by atoms with Gasteiger partial charge >= 0.3 is 0 Å². The molecule has 1 N–H and O–H groups in total. The van der Waals surface area contributed by atoms with E-state index in [-0.39, 0.29) is 48.3 Å². The molecule has 1 aromatic rings. The third kappa shape index (κ3) is 5.11. The number of ether oxygens (including phenoxy) is 1. The van der Waals surface area contributed by atoms with Crippen molar-refractivity contribution in [3.63, 3.8) is 0 Å². The van der Waals surface area contributed by atoms with Gasteiger partial charge in [0.2, 0.25) is 0 Å². The summed E-state index contributed by atoms with van der Waals surface area (Å²) in [5.74, 6) is 0.703. The van der Waals surface area contributed by atoms with Gasteiger partial charge in [0.1, 0.15) is 6.10 Å². The van der Waals surface area contributed by atoms with E-state index in [9.17, 15) is 9.59 Å². The smallest absolute Gasteiger partial charge is 0.255 e. The van der Waals surface area contributed by atoms with E-state index < -0.39 is 0 Å². The fourth-order valence-corrected chi connectivity index (χ4v) is 5.58. The maximum Gasteiger partial charge on any atom is 0.255 e. The monoisotopic (exact) mass is 472 g/mol. The number of pyridine rings is 1. The first kappa shape index (κ1) is 24.5. The van der Waals surface area contributed by atoms with Crippen LogP contribution in [0.5, 0.6) is 0 Å². The van der Waals surface area contributed by atoms with E-state index in [1.54, 1.807) is 0 Å². The standard InChI is InChI=1S/C22H32N4O3.2ClH/c27-21-17(14-24-7-2-1-3-8-24)4-5-19-18-10-16(13-26(19)21)12-25(15-18)22(28)20-11-23-6-9-29-20;;/h4-5,16,18,20,23H,1-3,6-15H2;2*1H/t16-,18+,20+;;/m0../s1. The summed E-state index contributed by atoms with van der Waals surface area (Å²) in [5.41, 5.74) is 2.21. The Kier molecular flexibility index (Phi) is 8.44. The molecule has 4 aliphatic heterocycles. The number of rotatable bonds is 3. The van der Waals surface area contributed by atoms with Crippen LogP contribution in [0.4, 0.5) is 0 Å². The van der Waals surface area contributed by atoms with Crippen molar-refractivity contribution in [1.29, 1.82) is 0 Å². The largest absolute Gasteiger partial charge is 0.366 e. The Hall–Kier alpha value is -1.12. The maximum absolute atomic E-state index is 13.2. The van der Waals surface area contributed by atoms with E-state index in [0.717, 1.165) is 56.9 Å². The molecule has 3 saturated heterocycles. The van der Waals surface area contributed by atoms with Crippen molar-refractivity contribution >= 4 is 30.7 Å². The lowest BCUT2D eigenvalue weighted by atomic mass is 9.82. The van der Waals surface area contributed by atoms with Crippen molar-refractivity contribution in [3.8, 4) is 0 Å². The molecule has 2 bridgehead atoms. The van der Waals surface area contributed by atoms with Gasteiger partial charge < -0.3 is 19.5 Å². The van der Waals surface area contributed by atoms with Crippen LogP contribution in [-0.2, 0) is 22.6 Å². The highest BCUT2D eigenvalue weighted by atomic mass is 35.5. The van der Waals surface area contributed by atoms with Gasteiger partial charge in [0.25, 0.3) is 11.5 Å². The van der Waals surface area contributed by atoms with Crippen molar-refractivity contribution in [2.24, 2.45) is 5.92 Å². The van der Waals surface area contributed by atoms with Crippen LogP contribution in [-0.4, -0.2) is 72.3 Å². The number of hydrogen-bond donors (Lipinski definition) is 1. The van der Waals surface area contributed by atoms with Crippen molar-refractivity contribution in [3.05, 3.63) is 33.7 Å². The average molecular weight is 473 g/mol. The number of halogens is 2. The molecule has 3 fully saturated rings. The third-order valence-electron chi connectivity index (χ3n) is 7.04. The van der Waals surface area contributed by atoms with Crippen LogP contribution in [0.25, 0.3) is 0 Å². The van der Waals surface area contributed by atoms with Gasteiger partial charge in [-0.1, -0.05) is 12.5 Å². The minimum Gasteiger partial charge on any atom is -0.366 e. The molecule has 0 aliphatic carbocycles. The molecule has 0 radical (unpaired) electrons. The number of morpholine rings is 1. The van der Waals surface area contributed by atoms with E-state index in [0.29, 0.717) is 25.6 Å². The minimum absolute atomic E-state index is 0. The van der Waals surface area contributed by atoms with Gasteiger partial charge in [-0.3, -0.25) is 14.5 Å². The summed E-state index contributed by atoms with van der Waals surface area (Å²) in [4.78, 5) is 30.5. The molecule has 0 unspecified atom stereocenters. The Morgan fingerprint density at radius 3 is 2.65 bits per heavy atom. The third-order valence-corrected chi connectivity index (χ3v) is 7.04. The number of carbonyl (C=O) groups excluding carboxylic acids is 1. The average Bonchev–Trinajstić information content (AvgIpc) is 2.77. The Labute approximate surface area is 196 Å². The molecule has 1 aromatic heterocycles. The normalized spacial score (nSPS) is 28.1. The molecule has 5 rings (SSSR count). The zero-order chi connectivity index (χ0) is 19.8. The van der Waals surface area contributed by atoms with Crippen molar-refractivity contribution in [1.82, 2.24) is 19.7 Å².